The molecule has 0 aliphatic heterocycles. The van der Waals surface area contributed by atoms with E-state index in [4.69, 9.17) is 9.47 Å². The van der Waals surface area contributed by atoms with Crippen LogP contribution in [0.2, 0.25) is 0 Å². The molecule has 23 heavy (non-hydrogen) atoms. The van der Waals surface area contributed by atoms with E-state index in [0.717, 1.165) is 0 Å². The molecule has 0 unspecified atom stereocenters. The van der Waals surface area contributed by atoms with Crippen molar-refractivity contribution in [2.24, 2.45) is 5.10 Å². The highest BCUT2D eigenvalue weighted by atomic mass is 16.5. The smallest absolute Gasteiger partial charge is 0.280 e. The monoisotopic (exact) mass is 314 g/mol. The van der Waals surface area contributed by atoms with Gasteiger partial charge in [-0.2, -0.15) is 5.10 Å². The van der Waals surface area contributed by atoms with Crippen LogP contribution in [0.4, 0.5) is 0 Å². The third kappa shape index (κ3) is 4.74. The van der Waals surface area contributed by atoms with Gasteiger partial charge >= 0.3 is 0 Å². The molecule has 2 rings (SSSR count). The van der Waals surface area contributed by atoms with Gasteiger partial charge in [0.25, 0.3) is 5.91 Å². The third-order valence-electron chi connectivity index (χ3n) is 3.02. The molecule has 0 aromatic heterocycles. The van der Waals surface area contributed by atoms with Crippen LogP contribution in [-0.2, 0) is 4.79 Å². The molecular weight excluding hydrogens is 296 g/mol. The number of carbonyl (C=O) groups excluding carboxylic acids is 1. The first kappa shape index (κ1) is 16.4. The lowest BCUT2D eigenvalue weighted by Crippen LogP contribution is -2.33. The molecule has 120 valence electrons. The first-order valence-electron chi connectivity index (χ1n) is 7.02. The Morgan fingerprint density at radius 2 is 2.00 bits per heavy atom. The van der Waals surface area contributed by atoms with Gasteiger partial charge in [-0.1, -0.05) is 18.2 Å². The number of hydrazone groups is 1. The molecule has 2 N–H and O–H groups in total. The number of aromatic hydroxyl groups is 1. The molecule has 0 saturated carbocycles. The van der Waals surface area contributed by atoms with E-state index >= 15 is 0 Å². The lowest BCUT2D eigenvalue weighted by Gasteiger charge is -2.12. The van der Waals surface area contributed by atoms with Gasteiger partial charge in [0.05, 0.1) is 13.3 Å². The van der Waals surface area contributed by atoms with Crippen LogP contribution in [0.5, 0.6) is 17.2 Å². The van der Waals surface area contributed by atoms with E-state index in [1.807, 2.05) is 18.2 Å². The number of ether oxygens (including phenoxy) is 2. The summed E-state index contributed by atoms with van der Waals surface area (Å²) >= 11 is 0. The van der Waals surface area contributed by atoms with E-state index in [1.54, 1.807) is 31.2 Å². The Kier molecular flexibility index (Phi) is 5.57. The maximum Gasteiger partial charge on any atom is 0.280 e. The zero-order chi connectivity index (χ0) is 16.7. The first-order chi connectivity index (χ1) is 11.1. The summed E-state index contributed by atoms with van der Waals surface area (Å²) < 4.78 is 10.5. The van der Waals surface area contributed by atoms with Crippen molar-refractivity contribution in [3.05, 3.63) is 54.1 Å². The van der Waals surface area contributed by atoms with Gasteiger partial charge in [0.1, 0.15) is 5.75 Å². The van der Waals surface area contributed by atoms with Crippen molar-refractivity contribution >= 4 is 12.1 Å². The van der Waals surface area contributed by atoms with Crippen LogP contribution in [0.25, 0.3) is 0 Å². The number of phenolic OH excluding ortho intramolecular Hbond substituents is 1. The molecule has 6 heteroatoms. The van der Waals surface area contributed by atoms with E-state index in [2.05, 4.69) is 10.5 Å². The van der Waals surface area contributed by atoms with E-state index in [-0.39, 0.29) is 11.7 Å². The molecule has 2 aromatic rings. The lowest BCUT2D eigenvalue weighted by atomic mass is 10.2. The number of hydrogen-bond donors (Lipinski definition) is 2. The molecule has 0 spiro atoms. The van der Waals surface area contributed by atoms with Gasteiger partial charge in [0.15, 0.2) is 17.6 Å². The Morgan fingerprint density at radius 1 is 1.26 bits per heavy atom. The minimum Gasteiger partial charge on any atom is -0.504 e. The predicted octanol–water partition coefficient (Wildman–Crippen LogP) is 2.32. The zero-order valence-corrected chi connectivity index (χ0v) is 12.9. The number of para-hydroxylation sites is 1. The van der Waals surface area contributed by atoms with Gasteiger partial charge < -0.3 is 14.6 Å². The van der Waals surface area contributed by atoms with Crippen molar-refractivity contribution < 1.29 is 19.4 Å². The highest BCUT2D eigenvalue weighted by Gasteiger charge is 2.13. The molecular formula is C17H18N2O4. The molecule has 2 aromatic carbocycles. The van der Waals surface area contributed by atoms with Crippen molar-refractivity contribution in [1.29, 1.82) is 0 Å². The molecule has 0 aliphatic carbocycles. The van der Waals surface area contributed by atoms with Crippen LogP contribution in [-0.4, -0.2) is 30.4 Å². The second kappa shape index (κ2) is 7.84. The van der Waals surface area contributed by atoms with Crippen molar-refractivity contribution in [1.82, 2.24) is 5.43 Å². The SMILES string of the molecule is COc1cc(/C=N/NC(=O)[C@@H](C)Oc2ccccc2)ccc1O. The topological polar surface area (TPSA) is 80.2 Å². The molecule has 0 radical (unpaired) electrons. The van der Waals surface area contributed by atoms with Crippen LogP contribution in [0.1, 0.15) is 12.5 Å². The maximum atomic E-state index is 11.9. The van der Waals surface area contributed by atoms with Crippen molar-refractivity contribution in [2.45, 2.75) is 13.0 Å². The van der Waals surface area contributed by atoms with Crippen LogP contribution in [0.15, 0.2) is 53.6 Å². The number of amides is 1. The fourth-order valence-electron chi connectivity index (χ4n) is 1.79. The lowest BCUT2D eigenvalue weighted by molar-refractivity contribution is -0.127. The molecule has 1 amide bonds. The van der Waals surface area contributed by atoms with Gasteiger partial charge in [0, 0.05) is 0 Å². The van der Waals surface area contributed by atoms with Crippen molar-refractivity contribution in [3.8, 4) is 17.2 Å². The number of nitrogens with one attached hydrogen (secondary N) is 1. The number of methoxy groups -OCH3 is 1. The molecule has 1 atom stereocenters. The summed E-state index contributed by atoms with van der Waals surface area (Å²) in [5.74, 6) is 0.623. The van der Waals surface area contributed by atoms with Crippen LogP contribution in [0, 0.1) is 0 Å². The average Bonchev–Trinajstić information content (AvgIpc) is 2.57. The maximum absolute atomic E-state index is 11.9. The number of phenols is 1. The summed E-state index contributed by atoms with van der Waals surface area (Å²) in [6.45, 7) is 1.64. The first-order valence-corrected chi connectivity index (χ1v) is 7.02. The zero-order valence-electron chi connectivity index (χ0n) is 12.9. The van der Waals surface area contributed by atoms with Gasteiger partial charge in [-0.25, -0.2) is 5.43 Å². The summed E-state index contributed by atoms with van der Waals surface area (Å²) in [6, 6.07) is 13.8. The normalized spacial score (nSPS) is 11.9. The van der Waals surface area contributed by atoms with Gasteiger partial charge in [-0.15, -0.1) is 0 Å². The Hall–Kier alpha value is -3.02. The minimum absolute atomic E-state index is 0.0403. The molecule has 0 bridgehead atoms. The van der Waals surface area contributed by atoms with Gasteiger partial charge in [-0.05, 0) is 42.8 Å². The summed E-state index contributed by atoms with van der Waals surface area (Å²) in [5, 5.41) is 13.4. The van der Waals surface area contributed by atoms with Gasteiger partial charge in [0.2, 0.25) is 0 Å². The standard InChI is InChI=1S/C17H18N2O4/c1-12(23-14-6-4-3-5-7-14)17(21)19-18-11-13-8-9-15(20)16(10-13)22-2/h3-12,20H,1-2H3,(H,19,21)/b18-11+/t12-/m1/s1. The molecule has 0 fully saturated rings. The Bertz CT molecular complexity index is 686. The fourth-order valence-corrected chi connectivity index (χ4v) is 1.79. The number of nitrogens with zero attached hydrogens (tertiary/aromatic N) is 1. The quantitative estimate of drug-likeness (QED) is 0.633. The number of hydrogen-bond acceptors (Lipinski definition) is 5. The minimum atomic E-state index is -0.677. The second-order valence-electron chi connectivity index (χ2n) is 4.74. The van der Waals surface area contributed by atoms with E-state index in [1.165, 1.54) is 19.4 Å². The molecule has 0 aliphatic rings. The van der Waals surface area contributed by atoms with E-state index in [9.17, 15) is 9.90 Å². The van der Waals surface area contributed by atoms with Crippen molar-refractivity contribution in [2.75, 3.05) is 7.11 Å². The number of benzene rings is 2. The van der Waals surface area contributed by atoms with E-state index < -0.39 is 6.10 Å². The van der Waals surface area contributed by atoms with Crippen molar-refractivity contribution in [3.63, 3.8) is 0 Å². The molecule has 6 nitrogen and oxygen atoms in total. The number of carbonyl (C=O) groups is 1. The number of rotatable bonds is 6. The summed E-state index contributed by atoms with van der Waals surface area (Å²) in [6.07, 6.45) is 0.777. The predicted molar refractivity (Wildman–Crippen MR) is 86.9 cm³/mol. The summed E-state index contributed by atoms with van der Waals surface area (Å²) in [7, 11) is 1.46. The van der Waals surface area contributed by atoms with Gasteiger partial charge in [-0.3, -0.25) is 4.79 Å². The highest BCUT2D eigenvalue weighted by Crippen LogP contribution is 2.25. The molecule has 0 saturated heterocycles. The third-order valence-corrected chi connectivity index (χ3v) is 3.02. The summed E-state index contributed by atoms with van der Waals surface area (Å²) in [4.78, 5) is 11.9. The Morgan fingerprint density at radius 3 is 2.70 bits per heavy atom. The van der Waals surface area contributed by atoms with Crippen LogP contribution >= 0.6 is 0 Å². The Balaban J connectivity index is 1.90. The van der Waals surface area contributed by atoms with Crippen LogP contribution < -0.4 is 14.9 Å². The fraction of sp³-hybridized carbons (Fsp3) is 0.176. The largest absolute Gasteiger partial charge is 0.504 e. The van der Waals surface area contributed by atoms with Crippen LogP contribution in [0.3, 0.4) is 0 Å². The summed E-state index contributed by atoms with van der Waals surface area (Å²) in [5.41, 5.74) is 3.08. The van der Waals surface area contributed by atoms with E-state index in [0.29, 0.717) is 17.1 Å². The second-order valence-corrected chi connectivity index (χ2v) is 4.74. The Labute approximate surface area is 134 Å². The molecule has 0 heterocycles. The highest BCUT2D eigenvalue weighted by molar-refractivity contribution is 5.84. The average molecular weight is 314 g/mol.